The molecule has 1 atom stereocenters. The Bertz CT molecular complexity index is 591. The molecule has 2 rings (SSSR count). The summed E-state index contributed by atoms with van der Waals surface area (Å²) in [7, 11) is 3.35. The van der Waals surface area contributed by atoms with Gasteiger partial charge in [-0.15, -0.1) is 11.8 Å². The van der Waals surface area contributed by atoms with Crippen LogP contribution >= 0.6 is 27.7 Å². The van der Waals surface area contributed by atoms with Crippen molar-refractivity contribution in [3.8, 4) is 5.75 Å². The first-order valence-corrected chi connectivity index (χ1v) is 8.31. The molecule has 2 aromatic rings. The van der Waals surface area contributed by atoms with Gasteiger partial charge in [-0.05, 0) is 49.0 Å². The van der Waals surface area contributed by atoms with Crippen LogP contribution < -0.4 is 10.1 Å². The van der Waals surface area contributed by atoms with Gasteiger partial charge in [-0.3, -0.25) is 0 Å². The average molecular weight is 370 g/mol. The molecule has 0 saturated carbocycles. The minimum atomic E-state index is -0.330. The van der Waals surface area contributed by atoms with E-state index in [0.717, 1.165) is 15.8 Å². The Hall–Kier alpha value is -1.04. The molecule has 112 valence electrons. The van der Waals surface area contributed by atoms with Gasteiger partial charge in [0.25, 0.3) is 0 Å². The van der Waals surface area contributed by atoms with Gasteiger partial charge in [0.15, 0.2) is 11.6 Å². The van der Waals surface area contributed by atoms with Crippen LogP contribution in [-0.2, 0) is 0 Å². The fraction of sp³-hybridized carbons (Fsp3) is 0.250. The number of halogens is 2. The third-order valence-corrected chi connectivity index (χ3v) is 4.79. The maximum absolute atomic E-state index is 13.8. The topological polar surface area (TPSA) is 21.3 Å². The first-order valence-electron chi connectivity index (χ1n) is 6.53. The van der Waals surface area contributed by atoms with E-state index in [2.05, 4.69) is 33.4 Å². The number of rotatable bonds is 6. The van der Waals surface area contributed by atoms with Crippen molar-refractivity contribution in [2.75, 3.05) is 19.9 Å². The number of ether oxygens (including phenoxy) is 1. The fourth-order valence-electron chi connectivity index (χ4n) is 1.96. The smallest absolute Gasteiger partial charge is 0.165 e. The number of nitrogens with one attached hydrogen (secondary N) is 1. The molecule has 21 heavy (non-hydrogen) atoms. The second-order valence-corrected chi connectivity index (χ2v) is 6.51. The van der Waals surface area contributed by atoms with E-state index in [9.17, 15) is 4.39 Å². The molecule has 0 saturated heterocycles. The lowest BCUT2D eigenvalue weighted by molar-refractivity contribution is 0.385. The Labute approximate surface area is 137 Å². The summed E-state index contributed by atoms with van der Waals surface area (Å²) >= 11 is 5.16. The highest BCUT2D eigenvalue weighted by atomic mass is 79.9. The van der Waals surface area contributed by atoms with Gasteiger partial charge in [0.05, 0.1) is 7.11 Å². The van der Waals surface area contributed by atoms with Crippen LogP contribution in [0.25, 0.3) is 0 Å². The monoisotopic (exact) mass is 369 g/mol. The van der Waals surface area contributed by atoms with E-state index in [1.807, 2.05) is 25.2 Å². The SMILES string of the molecule is CNC(CSc1ccc(Br)cc1)c1ccc(OC)c(F)c1. The molecule has 0 bridgehead atoms. The lowest BCUT2D eigenvalue weighted by Gasteiger charge is -2.17. The minimum Gasteiger partial charge on any atom is -0.494 e. The first kappa shape index (κ1) is 16.3. The first-order chi connectivity index (χ1) is 10.1. The van der Waals surface area contributed by atoms with Crippen LogP contribution in [0.5, 0.6) is 5.75 Å². The Morgan fingerprint density at radius 3 is 2.52 bits per heavy atom. The predicted molar refractivity (Wildman–Crippen MR) is 89.6 cm³/mol. The van der Waals surface area contributed by atoms with E-state index in [-0.39, 0.29) is 17.6 Å². The second kappa shape index (κ2) is 7.82. The molecule has 0 spiro atoms. The van der Waals surface area contributed by atoms with Crippen LogP contribution in [0, 0.1) is 5.82 Å². The van der Waals surface area contributed by atoms with E-state index in [1.54, 1.807) is 17.8 Å². The lowest BCUT2D eigenvalue weighted by Crippen LogP contribution is -2.18. The molecule has 0 aromatic heterocycles. The van der Waals surface area contributed by atoms with Gasteiger partial charge in [-0.1, -0.05) is 22.0 Å². The number of hydrogen-bond donors (Lipinski definition) is 1. The van der Waals surface area contributed by atoms with Gasteiger partial charge in [0, 0.05) is 21.2 Å². The Morgan fingerprint density at radius 2 is 1.95 bits per heavy atom. The largest absolute Gasteiger partial charge is 0.494 e. The van der Waals surface area contributed by atoms with Crippen LogP contribution in [0.3, 0.4) is 0 Å². The van der Waals surface area contributed by atoms with Gasteiger partial charge >= 0.3 is 0 Å². The standard InChI is InChI=1S/C16H17BrFNOS/c1-19-15(10-21-13-6-4-12(17)5-7-13)11-3-8-16(20-2)14(18)9-11/h3-9,15,19H,10H2,1-2H3. The maximum Gasteiger partial charge on any atom is 0.165 e. The van der Waals surface area contributed by atoms with E-state index >= 15 is 0 Å². The number of methoxy groups -OCH3 is 1. The number of thioether (sulfide) groups is 1. The van der Waals surface area contributed by atoms with Gasteiger partial charge in [0.1, 0.15) is 0 Å². The molecule has 0 heterocycles. The van der Waals surface area contributed by atoms with Gasteiger partial charge < -0.3 is 10.1 Å². The third-order valence-electron chi connectivity index (χ3n) is 3.16. The Morgan fingerprint density at radius 1 is 1.24 bits per heavy atom. The van der Waals surface area contributed by atoms with Crippen molar-refractivity contribution in [2.45, 2.75) is 10.9 Å². The lowest BCUT2D eigenvalue weighted by atomic mass is 10.1. The molecule has 0 radical (unpaired) electrons. The Balaban J connectivity index is 2.05. The van der Waals surface area contributed by atoms with Crippen LogP contribution in [0.2, 0.25) is 0 Å². The molecule has 0 aliphatic carbocycles. The Kier molecular flexibility index (Phi) is 6.08. The fourth-order valence-corrected chi connectivity index (χ4v) is 3.27. The zero-order valence-electron chi connectivity index (χ0n) is 11.9. The molecule has 2 aromatic carbocycles. The summed E-state index contributed by atoms with van der Waals surface area (Å²) in [5, 5.41) is 3.23. The van der Waals surface area contributed by atoms with Crippen molar-refractivity contribution >= 4 is 27.7 Å². The van der Waals surface area contributed by atoms with Crippen molar-refractivity contribution in [1.29, 1.82) is 0 Å². The van der Waals surface area contributed by atoms with Gasteiger partial charge in [0.2, 0.25) is 0 Å². The van der Waals surface area contributed by atoms with E-state index in [4.69, 9.17) is 4.74 Å². The van der Waals surface area contributed by atoms with Crippen LogP contribution in [0.15, 0.2) is 51.8 Å². The van der Waals surface area contributed by atoms with Crippen molar-refractivity contribution in [2.24, 2.45) is 0 Å². The summed E-state index contributed by atoms with van der Waals surface area (Å²) in [6.07, 6.45) is 0. The molecular weight excluding hydrogens is 353 g/mol. The molecule has 0 amide bonds. The quantitative estimate of drug-likeness (QED) is 0.748. The van der Waals surface area contributed by atoms with Crippen molar-refractivity contribution in [3.63, 3.8) is 0 Å². The zero-order valence-corrected chi connectivity index (χ0v) is 14.3. The summed E-state index contributed by atoms with van der Waals surface area (Å²) in [4.78, 5) is 1.19. The molecule has 2 nitrogen and oxygen atoms in total. The van der Waals surface area contributed by atoms with Crippen LogP contribution in [0.4, 0.5) is 4.39 Å². The second-order valence-electron chi connectivity index (χ2n) is 4.50. The molecule has 0 fully saturated rings. The number of benzene rings is 2. The van der Waals surface area contributed by atoms with E-state index in [1.165, 1.54) is 18.1 Å². The van der Waals surface area contributed by atoms with Gasteiger partial charge in [-0.2, -0.15) is 0 Å². The third kappa shape index (κ3) is 4.46. The highest BCUT2D eigenvalue weighted by Crippen LogP contribution is 2.28. The molecule has 1 unspecified atom stereocenters. The molecule has 0 aliphatic heterocycles. The summed E-state index contributed by atoms with van der Waals surface area (Å²) < 4.78 is 19.8. The zero-order chi connectivity index (χ0) is 15.2. The summed E-state index contributed by atoms with van der Waals surface area (Å²) in [5.41, 5.74) is 0.917. The van der Waals surface area contributed by atoms with Gasteiger partial charge in [-0.25, -0.2) is 4.39 Å². The maximum atomic E-state index is 13.8. The predicted octanol–water partition coefficient (Wildman–Crippen LogP) is 4.65. The normalized spacial score (nSPS) is 12.2. The highest BCUT2D eigenvalue weighted by molar-refractivity contribution is 9.10. The van der Waals surface area contributed by atoms with E-state index in [0.29, 0.717) is 0 Å². The molecular formula is C16H17BrFNOS. The van der Waals surface area contributed by atoms with Crippen molar-refractivity contribution < 1.29 is 9.13 Å². The summed E-state index contributed by atoms with van der Waals surface area (Å²) in [6, 6.07) is 13.3. The van der Waals surface area contributed by atoms with Crippen molar-refractivity contribution in [1.82, 2.24) is 5.32 Å². The average Bonchev–Trinajstić information content (AvgIpc) is 2.50. The number of hydrogen-bond acceptors (Lipinski definition) is 3. The summed E-state index contributed by atoms with van der Waals surface area (Å²) in [5.74, 6) is 0.766. The minimum absolute atomic E-state index is 0.0825. The molecule has 5 heteroatoms. The van der Waals surface area contributed by atoms with Crippen LogP contribution in [-0.4, -0.2) is 19.9 Å². The van der Waals surface area contributed by atoms with Crippen molar-refractivity contribution in [3.05, 3.63) is 58.3 Å². The van der Waals surface area contributed by atoms with Crippen LogP contribution in [0.1, 0.15) is 11.6 Å². The molecule has 0 aliphatic rings. The highest BCUT2D eigenvalue weighted by Gasteiger charge is 2.12. The van der Waals surface area contributed by atoms with E-state index < -0.39 is 0 Å². The molecule has 1 N–H and O–H groups in total. The summed E-state index contributed by atoms with van der Waals surface area (Å²) in [6.45, 7) is 0.